The van der Waals surface area contributed by atoms with Crippen LogP contribution in [-0.4, -0.2) is 73.4 Å². The van der Waals surface area contributed by atoms with Crippen LogP contribution in [0.25, 0.3) is 22.3 Å². The molecule has 0 aromatic heterocycles. The molecule has 338 valence electrons. The van der Waals surface area contributed by atoms with Gasteiger partial charge in [-0.1, -0.05) is 59.6 Å². The first-order chi connectivity index (χ1) is 29.6. The number of ketones is 1. The van der Waals surface area contributed by atoms with Crippen LogP contribution >= 0.6 is 23.2 Å². The third-order valence-electron chi connectivity index (χ3n) is 9.60. The van der Waals surface area contributed by atoms with Crippen molar-refractivity contribution in [3.05, 3.63) is 173 Å². The predicted molar refractivity (Wildman–Crippen MR) is 250 cm³/mol. The Hall–Kier alpha value is -5.26. The molecule has 11 nitrogen and oxygen atoms in total. The molecular weight excluding hydrogens is 958 g/mol. The van der Waals surface area contributed by atoms with Crippen LogP contribution in [0.2, 0.25) is 10.0 Å². The number of rotatable bonds is 10. The Kier molecular flexibility index (Phi) is 22.4. The topological polar surface area (TPSA) is 175 Å². The molecule has 17 heteroatoms. The Morgan fingerprint density at radius 1 is 0.692 bits per heavy atom. The fraction of sp³-hybridized carbons (Fsp3) is 0.167. The van der Waals surface area contributed by atoms with Crippen molar-refractivity contribution >= 4 is 75.5 Å². The number of primary amides is 2. The summed E-state index contributed by atoms with van der Waals surface area (Å²) in [7, 11) is 2.87. The van der Waals surface area contributed by atoms with Gasteiger partial charge in [-0.3, -0.25) is 4.79 Å². The van der Waals surface area contributed by atoms with Gasteiger partial charge in [-0.2, -0.15) is 0 Å². The summed E-state index contributed by atoms with van der Waals surface area (Å²) in [4.78, 5) is 34.7. The molecule has 0 bridgehead atoms. The number of benzene rings is 6. The maximum absolute atomic E-state index is 15.6. The van der Waals surface area contributed by atoms with Crippen molar-refractivity contribution in [2.45, 2.75) is 25.4 Å². The quantitative estimate of drug-likeness (QED) is 0.0533. The molecule has 7 rings (SSSR count). The number of nitrogens with two attached hydrogens (primary N) is 2. The van der Waals surface area contributed by atoms with Crippen LogP contribution in [0.3, 0.4) is 0 Å². The van der Waals surface area contributed by atoms with E-state index in [1.807, 2.05) is 0 Å². The number of amides is 4. The molecule has 7 N–H and O–H groups in total. The van der Waals surface area contributed by atoms with Crippen molar-refractivity contribution in [1.82, 2.24) is 0 Å². The zero-order valence-electron chi connectivity index (χ0n) is 36.0. The molecule has 1 heterocycles. The average molecular weight is 1010 g/mol. The van der Waals surface area contributed by atoms with Crippen molar-refractivity contribution in [2.24, 2.45) is 11.5 Å². The van der Waals surface area contributed by atoms with E-state index in [9.17, 15) is 19.5 Å². The van der Waals surface area contributed by atoms with Gasteiger partial charge in [-0.25, -0.2) is 18.4 Å². The van der Waals surface area contributed by atoms with E-state index in [0.29, 0.717) is 43.9 Å². The molecule has 1 unspecified atom stereocenters. The molecule has 1 aliphatic rings. The van der Waals surface area contributed by atoms with Crippen molar-refractivity contribution in [3.8, 4) is 33.8 Å². The van der Waals surface area contributed by atoms with Crippen molar-refractivity contribution in [1.29, 1.82) is 0 Å². The Balaban J connectivity index is 0.000000386. The fourth-order valence-electron chi connectivity index (χ4n) is 6.52. The average Bonchev–Trinajstić information content (AvgIpc) is 3.84. The molecule has 1 atom stereocenters. The minimum atomic E-state index is -1.64. The van der Waals surface area contributed by atoms with E-state index in [2.05, 4.69) is 10.6 Å². The Labute approximate surface area is 413 Å². The summed E-state index contributed by atoms with van der Waals surface area (Å²) >= 11 is 12.1. The van der Waals surface area contributed by atoms with Gasteiger partial charge >= 0.3 is 35.1 Å². The number of anilines is 2. The minimum Gasteiger partial charge on any atom is -1.00 e. The standard InChI is InChI=1S/C22H20ClFN2O3.C21H16ClFN2O3.C4H8O.CH3.BrH.Mg/c1-22(28,14-6-8-16(9-7-14)26-21(25)27)17-10-11-18(29-2)19(20(17)24)13-4-3-5-15(23)12-13;1-28-17-10-9-16(19(23)18(17)13-3-2-4-14(22)11-13)20(26)12-5-7-15(8-6-12)25-21(24)27;1-2-4-5-3-1;;;/h3-12,28H,1-2H3,(H3,25,26,27);2-11H,1H3,(H3,24,25,27);1-4H2;1H3;1H;/q;;;-1;;+2/p-1. The van der Waals surface area contributed by atoms with E-state index in [4.69, 9.17) is 48.9 Å². The molecule has 0 aliphatic carbocycles. The maximum Gasteiger partial charge on any atom is 2.00 e. The van der Waals surface area contributed by atoms with Crippen LogP contribution in [0.5, 0.6) is 11.5 Å². The van der Waals surface area contributed by atoms with Crippen molar-refractivity contribution in [2.75, 3.05) is 38.1 Å². The van der Waals surface area contributed by atoms with Gasteiger partial charge < -0.3 is 65.8 Å². The molecular formula is C48H47BrCl2F2MgN4O7. The van der Waals surface area contributed by atoms with Gasteiger partial charge in [0.05, 0.1) is 30.9 Å². The number of aliphatic hydroxyl groups is 1. The van der Waals surface area contributed by atoms with Crippen LogP contribution in [-0.2, 0) is 10.3 Å². The molecule has 1 fully saturated rings. The zero-order valence-corrected chi connectivity index (χ0v) is 40.5. The SMILES string of the molecule is C1CCOC1.COc1ccc(C(=O)c2ccc(NC(N)=O)cc2)c(F)c1-c1cccc(Cl)c1.COc1ccc(C(C)(O)c2ccc(NC(N)=O)cc2)c(F)c1-c1cccc(Cl)c1.[Br-].[CH3-].[Mg+2]. The third-order valence-corrected chi connectivity index (χ3v) is 10.1. The summed E-state index contributed by atoms with van der Waals surface area (Å²) < 4.78 is 46.5. The Bertz CT molecular complexity index is 2540. The van der Waals surface area contributed by atoms with Gasteiger partial charge in [0, 0.05) is 45.8 Å². The normalized spacial score (nSPS) is 12.1. The largest absolute Gasteiger partial charge is 2.00 e. The third kappa shape index (κ3) is 14.6. The summed E-state index contributed by atoms with van der Waals surface area (Å²) in [6, 6.07) is 30.3. The molecule has 0 spiro atoms. The van der Waals surface area contributed by atoms with Crippen LogP contribution in [0.1, 0.15) is 46.8 Å². The van der Waals surface area contributed by atoms with Gasteiger partial charge in [-0.15, -0.1) is 0 Å². The van der Waals surface area contributed by atoms with E-state index in [1.165, 1.54) is 76.4 Å². The number of hydrogen-bond acceptors (Lipinski definition) is 7. The summed E-state index contributed by atoms with van der Waals surface area (Å²) in [5.74, 6) is -1.21. The van der Waals surface area contributed by atoms with Crippen molar-refractivity contribution in [3.63, 3.8) is 0 Å². The first-order valence-electron chi connectivity index (χ1n) is 19.1. The van der Waals surface area contributed by atoms with Gasteiger partial charge in [0.15, 0.2) is 5.78 Å². The number of ether oxygens (including phenoxy) is 3. The summed E-state index contributed by atoms with van der Waals surface area (Å²) in [5.41, 5.74) is 11.5. The van der Waals surface area contributed by atoms with Crippen LogP contribution in [0.4, 0.5) is 29.7 Å². The molecule has 0 radical (unpaired) electrons. The summed E-state index contributed by atoms with van der Waals surface area (Å²) in [6.07, 6.45) is 2.56. The van der Waals surface area contributed by atoms with Gasteiger partial charge in [0.25, 0.3) is 0 Å². The zero-order chi connectivity index (χ0) is 45.0. The number of methoxy groups -OCH3 is 2. The molecule has 6 aromatic carbocycles. The molecule has 65 heavy (non-hydrogen) atoms. The predicted octanol–water partition coefficient (Wildman–Crippen LogP) is 7.65. The second-order valence-electron chi connectivity index (χ2n) is 13.9. The smallest absolute Gasteiger partial charge is 1.00 e. The number of halogens is 5. The molecule has 6 aromatic rings. The van der Waals surface area contributed by atoms with E-state index in [-0.39, 0.29) is 81.0 Å². The van der Waals surface area contributed by atoms with Gasteiger partial charge in [0.2, 0.25) is 0 Å². The fourth-order valence-corrected chi connectivity index (χ4v) is 6.90. The van der Waals surface area contributed by atoms with E-state index in [1.54, 1.807) is 78.9 Å². The molecule has 4 amide bonds. The number of nitrogens with one attached hydrogen (secondary N) is 2. The first-order valence-corrected chi connectivity index (χ1v) is 19.8. The minimum absolute atomic E-state index is 0. The van der Waals surface area contributed by atoms with Crippen molar-refractivity contribution < 1.29 is 59.5 Å². The second kappa shape index (κ2) is 26.0. The number of carbonyl (C=O) groups excluding carboxylic acids is 3. The van der Waals surface area contributed by atoms with Gasteiger partial charge in [-0.05, 0) is 121 Å². The Morgan fingerprint density at radius 3 is 1.55 bits per heavy atom. The van der Waals surface area contributed by atoms with Gasteiger partial charge in [0.1, 0.15) is 28.7 Å². The number of hydrogen-bond donors (Lipinski definition) is 5. The second-order valence-corrected chi connectivity index (χ2v) is 14.8. The van der Waals surface area contributed by atoms with E-state index in [0.717, 1.165) is 13.2 Å². The van der Waals surface area contributed by atoms with E-state index >= 15 is 8.78 Å². The summed E-state index contributed by atoms with van der Waals surface area (Å²) in [6.45, 7) is 3.50. The van der Waals surface area contributed by atoms with Crippen LogP contribution < -0.4 is 48.6 Å². The molecule has 1 saturated heterocycles. The molecule has 1 aliphatic heterocycles. The van der Waals surface area contributed by atoms with Crippen LogP contribution in [0.15, 0.2) is 121 Å². The molecule has 0 saturated carbocycles. The Morgan fingerprint density at radius 2 is 1.14 bits per heavy atom. The monoisotopic (exact) mass is 1000 g/mol. The maximum atomic E-state index is 15.6. The first kappa shape index (κ1) is 55.9. The number of carbonyl (C=O) groups is 3. The number of urea groups is 2. The summed E-state index contributed by atoms with van der Waals surface area (Å²) in [5, 5.41) is 16.9. The van der Waals surface area contributed by atoms with E-state index < -0.39 is 35.1 Å². The van der Waals surface area contributed by atoms with Crippen LogP contribution in [0, 0.1) is 19.1 Å².